The lowest BCUT2D eigenvalue weighted by atomic mass is 9.96. The maximum absolute atomic E-state index is 12.5. The maximum atomic E-state index is 12.5. The number of hydrogen-bond donors (Lipinski definition) is 2. The zero-order chi connectivity index (χ0) is 15.6. The lowest BCUT2D eigenvalue weighted by Gasteiger charge is -2.31. The Balaban J connectivity index is 0.00000400. The summed E-state index contributed by atoms with van der Waals surface area (Å²) in [6, 6.07) is 4.39. The van der Waals surface area contributed by atoms with Gasteiger partial charge in [0, 0.05) is 11.6 Å². The molecule has 2 unspecified atom stereocenters. The third kappa shape index (κ3) is 5.85. The van der Waals surface area contributed by atoms with Crippen LogP contribution >= 0.6 is 12.4 Å². The molecule has 0 spiro atoms. The number of benzene rings is 1. The molecule has 0 aliphatic heterocycles. The van der Waals surface area contributed by atoms with Crippen LogP contribution in [0, 0.1) is 0 Å². The Kier molecular flexibility index (Phi) is 7.20. The Hall–Kier alpha value is -0.780. The molecule has 0 heterocycles. The topological polar surface area (TPSA) is 32.3 Å². The number of aliphatic hydroxyl groups is 1. The molecule has 0 aliphatic rings. The van der Waals surface area contributed by atoms with E-state index >= 15 is 0 Å². The molecule has 1 aromatic carbocycles. The standard InChI is InChI=1S/C15H22F3NO.ClH/c1-5-14(3,4)19-10(2)13(20)11-6-8-12(9-7-11)15(16,17)18;/h6-10,13,19-20H,5H2,1-4H3;1H. The van der Waals surface area contributed by atoms with Gasteiger partial charge in [0.1, 0.15) is 0 Å². The van der Waals surface area contributed by atoms with Gasteiger partial charge in [0.25, 0.3) is 0 Å². The van der Waals surface area contributed by atoms with Crippen molar-refractivity contribution in [3.05, 3.63) is 35.4 Å². The Morgan fingerprint density at radius 3 is 2.00 bits per heavy atom. The maximum Gasteiger partial charge on any atom is 0.416 e. The van der Waals surface area contributed by atoms with Crippen molar-refractivity contribution in [2.75, 3.05) is 0 Å². The molecular weight excluding hydrogens is 303 g/mol. The first-order valence-electron chi connectivity index (χ1n) is 6.70. The van der Waals surface area contributed by atoms with Gasteiger partial charge in [0.2, 0.25) is 0 Å². The molecule has 21 heavy (non-hydrogen) atoms. The Labute approximate surface area is 130 Å². The van der Waals surface area contributed by atoms with E-state index in [-0.39, 0.29) is 24.0 Å². The zero-order valence-corrected chi connectivity index (χ0v) is 13.5. The summed E-state index contributed by atoms with van der Waals surface area (Å²) in [6.07, 6.45) is -4.31. The third-order valence-electron chi connectivity index (χ3n) is 3.56. The fourth-order valence-corrected chi connectivity index (χ4v) is 1.96. The van der Waals surface area contributed by atoms with Gasteiger partial charge in [-0.15, -0.1) is 12.4 Å². The van der Waals surface area contributed by atoms with Gasteiger partial charge in [-0.05, 0) is 44.9 Å². The molecule has 1 rings (SSSR count). The molecule has 2 nitrogen and oxygen atoms in total. The van der Waals surface area contributed by atoms with Gasteiger partial charge in [0.05, 0.1) is 11.7 Å². The van der Waals surface area contributed by atoms with Gasteiger partial charge < -0.3 is 10.4 Å². The van der Waals surface area contributed by atoms with Crippen LogP contribution in [0.25, 0.3) is 0 Å². The first-order chi connectivity index (χ1) is 9.07. The highest BCUT2D eigenvalue weighted by atomic mass is 35.5. The number of halogens is 4. The summed E-state index contributed by atoms with van der Waals surface area (Å²) < 4.78 is 37.4. The van der Waals surface area contributed by atoms with Crippen molar-refractivity contribution in [1.29, 1.82) is 0 Å². The van der Waals surface area contributed by atoms with Crippen LogP contribution < -0.4 is 5.32 Å². The number of rotatable bonds is 5. The van der Waals surface area contributed by atoms with Crippen LogP contribution in [0.3, 0.4) is 0 Å². The molecule has 0 saturated heterocycles. The molecular formula is C15H23ClF3NO. The molecule has 122 valence electrons. The largest absolute Gasteiger partial charge is 0.416 e. The van der Waals surface area contributed by atoms with E-state index in [9.17, 15) is 18.3 Å². The van der Waals surface area contributed by atoms with E-state index in [1.807, 2.05) is 27.7 Å². The van der Waals surface area contributed by atoms with Crippen molar-refractivity contribution < 1.29 is 18.3 Å². The molecule has 0 fully saturated rings. The summed E-state index contributed by atoms with van der Waals surface area (Å²) in [5.74, 6) is 0. The Morgan fingerprint density at radius 2 is 1.62 bits per heavy atom. The van der Waals surface area contributed by atoms with Gasteiger partial charge >= 0.3 is 6.18 Å². The van der Waals surface area contributed by atoms with E-state index in [0.717, 1.165) is 18.6 Å². The second kappa shape index (κ2) is 7.47. The SMILES string of the molecule is CCC(C)(C)NC(C)C(O)c1ccc(C(F)(F)F)cc1.Cl. The van der Waals surface area contributed by atoms with Crippen molar-refractivity contribution in [3.8, 4) is 0 Å². The third-order valence-corrected chi connectivity index (χ3v) is 3.56. The van der Waals surface area contributed by atoms with Crippen molar-refractivity contribution >= 4 is 12.4 Å². The fourth-order valence-electron chi connectivity index (χ4n) is 1.96. The second-order valence-corrected chi connectivity index (χ2v) is 5.74. The molecule has 0 radical (unpaired) electrons. The Morgan fingerprint density at radius 1 is 1.14 bits per heavy atom. The molecule has 6 heteroatoms. The fraction of sp³-hybridized carbons (Fsp3) is 0.600. The van der Waals surface area contributed by atoms with E-state index in [2.05, 4.69) is 5.32 Å². The van der Waals surface area contributed by atoms with Crippen molar-refractivity contribution in [1.82, 2.24) is 5.32 Å². The molecule has 0 aliphatic carbocycles. The first kappa shape index (κ1) is 20.2. The number of aliphatic hydroxyl groups excluding tert-OH is 1. The molecule has 1 aromatic rings. The molecule has 0 saturated carbocycles. The highest BCUT2D eigenvalue weighted by Crippen LogP contribution is 2.30. The van der Waals surface area contributed by atoms with Crippen molar-refractivity contribution in [2.24, 2.45) is 0 Å². The minimum atomic E-state index is -4.35. The monoisotopic (exact) mass is 325 g/mol. The summed E-state index contributed by atoms with van der Waals surface area (Å²) in [4.78, 5) is 0. The van der Waals surface area contributed by atoms with Crippen LogP contribution in [0.1, 0.15) is 51.3 Å². The van der Waals surface area contributed by atoms with E-state index < -0.39 is 17.8 Å². The predicted octanol–water partition coefficient (Wildman–Crippen LogP) is 4.33. The molecule has 0 bridgehead atoms. The summed E-state index contributed by atoms with van der Waals surface area (Å²) in [5, 5.41) is 13.5. The van der Waals surface area contributed by atoms with E-state index in [1.54, 1.807) is 0 Å². The first-order valence-corrected chi connectivity index (χ1v) is 6.70. The van der Waals surface area contributed by atoms with E-state index in [4.69, 9.17) is 0 Å². The number of hydrogen-bond acceptors (Lipinski definition) is 2. The highest BCUT2D eigenvalue weighted by Gasteiger charge is 2.30. The van der Waals surface area contributed by atoms with Crippen molar-refractivity contribution in [3.63, 3.8) is 0 Å². The average molecular weight is 326 g/mol. The van der Waals surface area contributed by atoms with Gasteiger partial charge in [-0.1, -0.05) is 19.1 Å². The number of nitrogens with one attached hydrogen (secondary N) is 1. The van der Waals surface area contributed by atoms with Gasteiger partial charge in [-0.25, -0.2) is 0 Å². The quantitative estimate of drug-likeness (QED) is 0.844. The van der Waals surface area contributed by atoms with Crippen LogP contribution in [0.15, 0.2) is 24.3 Å². The van der Waals surface area contributed by atoms with Crippen LogP contribution in [-0.2, 0) is 6.18 Å². The smallest absolute Gasteiger partial charge is 0.387 e. The number of alkyl halides is 3. The normalized spacial score (nSPS) is 15.2. The predicted molar refractivity (Wildman–Crippen MR) is 80.6 cm³/mol. The van der Waals surface area contributed by atoms with Crippen LogP contribution in [0.4, 0.5) is 13.2 Å². The van der Waals surface area contributed by atoms with Crippen LogP contribution in [0.5, 0.6) is 0 Å². The second-order valence-electron chi connectivity index (χ2n) is 5.74. The van der Waals surface area contributed by atoms with E-state index in [0.29, 0.717) is 5.56 Å². The van der Waals surface area contributed by atoms with E-state index in [1.165, 1.54) is 12.1 Å². The molecule has 0 aromatic heterocycles. The summed E-state index contributed by atoms with van der Waals surface area (Å²) in [7, 11) is 0. The lowest BCUT2D eigenvalue weighted by Crippen LogP contribution is -2.46. The molecule has 2 N–H and O–H groups in total. The van der Waals surface area contributed by atoms with Crippen LogP contribution in [0.2, 0.25) is 0 Å². The van der Waals surface area contributed by atoms with Gasteiger partial charge in [0.15, 0.2) is 0 Å². The van der Waals surface area contributed by atoms with Gasteiger partial charge in [-0.2, -0.15) is 13.2 Å². The zero-order valence-electron chi connectivity index (χ0n) is 12.7. The molecule has 0 amide bonds. The lowest BCUT2D eigenvalue weighted by molar-refractivity contribution is -0.137. The summed E-state index contributed by atoms with van der Waals surface area (Å²) >= 11 is 0. The minimum Gasteiger partial charge on any atom is -0.387 e. The van der Waals surface area contributed by atoms with Crippen LogP contribution in [-0.4, -0.2) is 16.7 Å². The Bertz CT molecular complexity index is 432. The molecule has 2 atom stereocenters. The summed E-state index contributed by atoms with van der Waals surface area (Å²) in [5.41, 5.74) is -0.361. The highest BCUT2D eigenvalue weighted by molar-refractivity contribution is 5.85. The summed E-state index contributed by atoms with van der Waals surface area (Å²) in [6.45, 7) is 7.88. The minimum absolute atomic E-state index is 0. The average Bonchev–Trinajstić information content (AvgIpc) is 2.36. The van der Waals surface area contributed by atoms with Crippen molar-refractivity contribution in [2.45, 2.75) is 58.0 Å². The van der Waals surface area contributed by atoms with Gasteiger partial charge in [-0.3, -0.25) is 0 Å².